The zero-order valence-corrected chi connectivity index (χ0v) is 24.7. The number of carbonyl (C=O) groups excluding carboxylic acids is 1. The second kappa shape index (κ2) is 14.3. The molecule has 0 aliphatic carbocycles. The van der Waals surface area contributed by atoms with E-state index in [0.717, 1.165) is 11.6 Å². The summed E-state index contributed by atoms with van der Waals surface area (Å²) in [5.41, 5.74) is 2.01. The van der Waals surface area contributed by atoms with Crippen molar-refractivity contribution in [2.45, 2.75) is 38.7 Å². The van der Waals surface area contributed by atoms with Gasteiger partial charge in [0.25, 0.3) is 0 Å². The Kier molecular flexibility index (Phi) is 10.5. The Labute approximate surface area is 257 Å². The van der Waals surface area contributed by atoms with Crippen LogP contribution in [-0.2, 0) is 30.5 Å². The summed E-state index contributed by atoms with van der Waals surface area (Å²) in [4.78, 5) is 19.4. The van der Waals surface area contributed by atoms with E-state index in [4.69, 9.17) is 29.1 Å². The van der Waals surface area contributed by atoms with Crippen molar-refractivity contribution in [3.8, 4) is 6.07 Å². The highest BCUT2D eigenvalue weighted by Gasteiger charge is 2.33. The number of nitriles is 1. The number of nitrogens with one attached hydrogen (secondary N) is 2. The van der Waals surface area contributed by atoms with Crippen LogP contribution in [0.2, 0.25) is 5.02 Å². The highest BCUT2D eigenvalue weighted by molar-refractivity contribution is 7.80. The molecule has 0 radical (unpaired) electrons. The molecular weight excluding hydrogens is 597 g/mol. The predicted octanol–water partition coefficient (Wildman–Crippen LogP) is 6.42. The van der Waals surface area contributed by atoms with Crippen molar-refractivity contribution in [3.05, 3.63) is 118 Å². The molecule has 7 nitrogen and oxygen atoms in total. The lowest BCUT2D eigenvalue weighted by Crippen LogP contribution is -2.50. The lowest BCUT2D eigenvalue weighted by atomic mass is 10.1. The minimum absolute atomic E-state index is 0.0398. The molecule has 1 aromatic heterocycles. The second-order valence-corrected chi connectivity index (χ2v) is 10.6. The molecule has 12 heteroatoms. The third-order valence-corrected chi connectivity index (χ3v) is 7.32. The first-order valence-electron chi connectivity index (χ1n) is 13.3. The van der Waals surface area contributed by atoms with Crippen molar-refractivity contribution >= 4 is 40.5 Å². The van der Waals surface area contributed by atoms with E-state index in [2.05, 4.69) is 21.7 Å². The van der Waals surface area contributed by atoms with Gasteiger partial charge in [0.1, 0.15) is 0 Å². The van der Waals surface area contributed by atoms with E-state index in [-0.39, 0.29) is 36.1 Å². The monoisotopic (exact) mass is 624 g/mol. The van der Waals surface area contributed by atoms with Crippen LogP contribution in [-0.4, -0.2) is 38.1 Å². The number of amides is 1. The van der Waals surface area contributed by atoms with Crippen LogP contribution >= 0.6 is 23.8 Å². The number of nitrogens with zero attached hydrogens (tertiary/aromatic N) is 4. The number of aromatic nitrogens is 2. The standard InChI is InChI=1S/C31H28ClF3N6OS/c1-21(16-37-17-24-6-2-3-7-26(24)31(33,34)35)41(30(43)39-28-9-5-4-8-27(28)32)29(42)14-25-18-38-20-40(25)19-23-12-10-22(15-36)11-13-23/h2-13,18,20-21,37H,14,16-17,19H2,1H3,(H,39,43)/t21-/m0/s1. The van der Waals surface area contributed by atoms with Crippen LogP contribution < -0.4 is 10.6 Å². The van der Waals surface area contributed by atoms with Crippen LogP contribution in [0.1, 0.15) is 34.9 Å². The first kappa shape index (κ1) is 31.7. The van der Waals surface area contributed by atoms with Crippen molar-refractivity contribution in [2.24, 2.45) is 0 Å². The molecule has 3 aromatic carbocycles. The van der Waals surface area contributed by atoms with E-state index >= 15 is 0 Å². The summed E-state index contributed by atoms with van der Waals surface area (Å²) in [6.45, 7) is 2.30. The fourth-order valence-corrected chi connectivity index (χ4v) is 5.09. The van der Waals surface area contributed by atoms with E-state index < -0.39 is 17.8 Å². The van der Waals surface area contributed by atoms with Crippen LogP contribution in [0.4, 0.5) is 18.9 Å². The summed E-state index contributed by atoms with van der Waals surface area (Å²) in [5, 5.41) is 15.6. The Bertz CT molecular complexity index is 1620. The molecule has 2 N–H and O–H groups in total. The zero-order valence-electron chi connectivity index (χ0n) is 23.1. The molecule has 0 spiro atoms. The van der Waals surface area contributed by atoms with Crippen LogP contribution in [0.5, 0.6) is 0 Å². The largest absolute Gasteiger partial charge is 0.416 e. The molecular formula is C31H28ClF3N6OS. The Morgan fingerprint density at radius 3 is 2.51 bits per heavy atom. The maximum Gasteiger partial charge on any atom is 0.416 e. The quantitative estimate of drug-likeness (QED) is 0.198. The number of halogens is 4. The molecule has 0 bridgehead atoms. The van der Waals surface area contributed by atoms with Gasteiger partial charge < -0.3 is 15.2 Å². The second-order valence-electron chi connectivity index (χ2n) is 9.81. The third-order valence-electron chi connectivity index (χ3n) is 6.69. The maximum absolute atomic E-state index is 13.8. The average Bonchev–Trinajstić information content (AvgIpc) is 3.40. The number of alkyl halides is 3. The number of rotatable bonds is 10. The van der Waals surface area contributed by atoms with Crippen molar-refractivity contribution in [2.75, 3.05) is 11.9 Å². The van der Waals surface area contributed by atoms with Crippen LogP contribution in [0.15, 0.2) is 85.3 Å². The Morgan fingerprint density at radius 2 is 1.81 bits per heavy atom. The molecule has 1 heterocycles. The molecule has 4 aromatic rings. The number of hydrogen-bond acceptors (Lipinski definition) is 5. The van der Waals surface area contributed by atoms with E-state index in [1.54, 1.807) is 61.9 Å². The summed E-state index contributed by atoms with van der Waals surface area (Å²) in [7, 11) is 0. The molecule has 0 fully saturated rings. The van der Waals surface area contributed by atoms with Gasteiger partial charge in [0.2, 0.25) is 5.91 Å². The average molecular weight is 625 g/mol. The highest BCUT2D eigenvalue weighted by atomic mass is 35.5. The molecule has 1 atom stereocenters. The van der Waals surface area contributed by atoms with Gasteiger partial charge in [0.15, 0.2) is 5.11 Å². The smallest absolute Gasteiger partial charge is 0.331 e. The Balaban J connectivity index is 1.51. The number of benzene rings is 3. The highest BCUT2D eigenvalue weighted by Crippen LogP contribution is 2.31. The van der Waals surface area contributed by atoms with Crippen molar-refractivity contribution < 1.29 is 18.0 Å². The van der Waals surface area contributed by atoms with Gasteiger partial charge in [0, 0.05) is 37.6 Å². The number of hydrogen-bond donors (Lipinski definition) is 2. The van der Waals surface area contributed by atoms with Crippen molar-refractivity contribution in [1.29, 1.82) is 5.26 Å². The van der Waals surface area contributed by atoms with Gasteiger partial charge >= 0.3 is 6.18 Å². The molecule has 222 valence electrons. The predicted molar refractivity (Wildman–Crippen MR) is 163 cm³/mol. The van der Waals surface area contributed by atoms with E-state index in [1.807, 2.05) is 16.7 Å². The summed E-state index contributed by atoms with van der Waals surface area (Å²) in [6, 6.07) is 21.0. The minimum atomic E-state index is -4.48. The molecule has 0 saturated carbocycles. The summed E-state index contributed by atoms with van der Waals surface area (Å²) >= 11 is 12.0. The molecule has 0 aliphatic heterocycles. The summed E-state index contributed by atoms with van der Waals surface area (Å²) < 4.78 is 42.2. The van der Waals surface area contributed by atoms with Crippen LogP contribution in [0.3, 0.4) is 0 Å². The molecule has 1 amide bonds. The van der Waals surface area contributed by atoms with Gasteiger partial charge in [-0.25, -0.2) is 4.98 Å². The van der Waals surface area contributed by atoms with Crippen LogP contribution in [0, 0.1) is 11.3 Å². The third kappa shape index (κ3) is 8.41. The molecule has 0 unspecified atom stereocenters. The maximum atomic E-state index is 13.8. The van der Waals surface area contributed by atoms with Crippen LogP contribution in [0.25, 0.3) is 0 Å². The molecule has 0 saturated heterocycles. The fourth-order valence-electron chi connectivity index (χ4n) is 4.51. The van der Waals surface area contributed by atoms with Gasteiger partial charge in [-0.1, -0.05) is 54.1 Å². The van der Waals surface area contributed by atoms with Gasteiger partial charge in [0.05, 0.1) is 40.7 Å². The fraction of sp³-hybridized carbons (Fsp3) is 0.226. The Morgan fingerprint density at radius 1 is 1.12 bits per heavy atom. The van der Waals surface area contributed by atoms with Crippen molar-refractivity contribution in [3.63, 3.8) is 0 Å². The summed E-state index contributed by atoms with van der Waals surface area (Å²) in [6.07, 6.45) is -1.30. The zero-order chi connectivity index (χ0) is 31.0. The topological polar surface area (TPSA) is 86.0 Å². The number of anilines is 1. The van der Waals surface area contributed by atoms with Gasteiger partial charge in [-0.2, -0.15) is 18.4 Å². The Hall–Kier alpha value is -4.24. The lowest BCUT2D eigenvalue weighted by molar-refractivity contribution is -0.138. The van der Waals surface area contributed by atoms with E-state index in [1.165, 1.54) is 17.0 Å². The number of imidazole rings is 1. The number of thiocarbonyl (C=S) groups is 1. The lowest BCUT2D eigenvalue weighted by Gasteiger charge is -2.31. The van der Waals surface area contributed by atoms with E-state index in [0.29, 0.717) is 28.5 Å². The molecule has 4 rings (SSSR count). The van der Waals surface area contributed by atoms with E-state index in [9.17, 15) is 18.0 Å². The molecule has 0 aliphatic rings. The number of carbonyl (C=O) groups is 1. The SMILES string of the molecule is C[C@@H](CNCc1ccccc1C(F)(F)F)N(C(=O)Cc1cncn1Cc1ccc(C#N)cc1)C(=S)Nc1ccccc1Cl. The summed E-state index contributed by atoms with van der Waals surface area (Å²) in [5.74, 6) is -0.337. The minimum Gasteiger partial charge on any atom is -0.331 e. The molecule has 43 heavy (non-hydrogen) atoms. The van der Waals surface area contributed by atoms with Crippen molar-refractivity contribution in [1.82, 2.24) is 19.8 Å². The first-order chi connectivity index (χ1) is 20.6. The number of para-hydroxylation sites is 1. The first-order valence-corrected chi connectivity index (χ1v) is 14.1. The van der Waals surface area contributed by atoms with Gasteiger partial charge in [-0.3, -0.25) is 9.69 Å². The van der Waals surface area contributed by atoms with Gasteiger partial charge in [-0.15, -0.1) is 0 Å². The normalized spacial score (nSPS) is 11.9. The van der Waals surface area contributed by atoms with Gasteiger partial charge in [-0.05, 0) is 60.6 Å².